The molecule has 1 aliphatic heterocycles. The first-order valence-electron chi connectivity index (χ1n) is 5.46. The Morgan fingerprint density at radius 1 is 1.44 bits per heavy atom. The van der Waals surface area contributed by atoms with Crippen molar-refractivity contribution in [1.82, 2.24) is 4.90 Å². The third kappa shape index (κ3) is 2.88. The lowest BCUT2D eigenvalue weighted by atomic mass is 10.1. The molecule has 0 aromatic heterocycles. The summed E-state index contributed by atoms with van der Waals surface area (Å²) in [6.45, 7) is 2.40. The Morgan fingerprint density at radius 2 is 2.25 bits per heavy atom. The van der Waals surface area contributed by atoms with Gasteiger partial charge in [0.1, 0.15) is 5.82 Å². The first kappa shape index (κ1) is 12.2. The van der Waals surface area contributed by atoms with E-state index in [1.54, 1.807) is 18.2 Å². The molecule has 0 amide bonds. The van der Waals surface area contributed by atoms with Crippen molar-refractivity contribution in [3.63, 3.8) is 0 Å². The van der Waals surface area contributed by atoms with Gasteiger partial charge >= 0.3 is 0 Å². The van der Waals surface area contributed by atoms with Gasteiger partial charge in [-0.05, 0) is 25.5 Å². The van der Waals surface area contributed by atoms with Crippen LogP contribution in [0.2, 0.25) is 5.02 Å². The maximum atomic E-state index is 13.7. The Bertz CT molecular complexity index is 370. The predicted octanol–water partition coefficient (Wildman–Crippen LogP) is 3.68. The molecule has 0 N–H and O–H groups in total. The van der Waals surface area contributed by atoms with Crippen molar-refractivity contribution in [3.8, 4) is 0 Å². The van der Waals surface area contributed by atoms with Crippen LogP contribution in [0.3, 0.4) is 0 Å². The Balaban J connectivity index is 2.05. The van der Waals surface area contributed by atoms with Crippen molar-refractivity contribution in [1.29, 1.82) is 0 Å². The van der Waals surface area contributed by atoms with Crippen LogP contribution in [0.1, 0.15) is 18.4 Å². The van der Waals surface area contributed by atoms with E-state index in [-0.39, 0.29) is 16.2 Å². The Hall–Kier alpha value is -0.310. The zero-order chi connectivity index (χ0) is 11.5. The summed E-state index contributed by atoms with van der Waals surface area (Å²) < 4.78 is 13.7. The van der Waals surface area contributed by atoms with Gasteiger partial charge in [-0.1, -0.05) is 23.7 Å². The van der Waals surface area contributed by atoms with Gasteiger partial charge in [-0.2, -0.15) is 0 Å². The highest BCUT2D eigenvalue weighted by molar-refractivity contribution is 6.30. The molecule has 1 unspecified atom stereocenters. The van der Waals surface area contributed by atoms with Crippen LogP contribution in [0.15, 0.2) is 18.2 Å². The molecule has 0 spiro atoms. The number of piperidine rings is 1. The van der Waals surface area contributed by atoms with Crippen molar-refractivity contribution in [2.24, 2.45) is 0 Å². The largest absolute Gasteiger partial charge is 0.298 e. The van der Waals surface area contributed by atoms with Crippen LogP contribution >= 0.6 is 23.2 Å². The molecule has 1 heterocycles. The van der Waals surface area contributed by atoms with Crippen molar-refractivity contribution in [2.75, 3.05) is 13.1 Å². The molecule has 1 atom stereocenters. The van der Waals surface area contributed by atoms with Crippen LogP contribution in [0.5, 0.6) is 0 Å². The molecule has 1 aromatic carbocycles. The topological polar surface area (TPSA) is 3.24 Å². The molecule has 0 saturated carbocycles. The second-order valence-corrected chi connectivity index (χ2v) is 5.21. The standard InChI is InChI=1S/C12H14Cl2FN/c13-10-4-2-6-16(8-10)7-9-3-1-5-11(14)12(9)15/h1,3,5,10H,2,4,6-8H2. The molecule has 0 radical (unpaired) electrons. The maximum absolute atomic E-state index is 13.7. The molecule has 1 fully saturated rings. The van der Waals surface area contributed by atoms with Gasteiger partial charge in [-0.3, -0.25) is 4.90 Å². The highest BCUT2D eigenvalue weighted by atomic mass is 35.5. The molecular formula is C12H14Cl2FN. The minimum Gasteiger partial charge on any atom is -0.298 e. The van der Waals surface area contributed by atoms with Crippen LogP contribution in [-0.2, 0) is 6.54 Å². The van der Waals surface area contributed by atoms with Gasteiger partial charge in [-0.25, -0.2) is 4.39 Å². The lowest BCUT2D eigenvalue weighted by Gasteiger charge is -2.29. The van der Waals surface area contributed by atoms with Crippen LogP contribution in [0, 0.1) is 5.82 Å². The number of likely N-dealkylation sites (tertiary alicyclic amines) is 1. The zero-order valence-corrected chi connectivity index (χ0v) is 10.4. The van der Waals surface area contributed by atoms with Crippen molar-refractivity contribution in [2.45, 2.75) is 24.8 Å². The van der Waals surface area contributed by atoms with Crippen LogP contribution in [0.4, 0.5) is 4.39 Å². The van der Waals surface area contributed by atoms with E-state index < -0.39 is 0 Å². The van der Waals surface area contributed by atoms with Crippen molar-refractivity contribution >= 4 is 23.2 Å². The van der Waals surface area contributed by atoms with E-state index >= 15 is 0 Å². The summed E-state index contributed by atoms with van der Waals surface area (Å²) >= 11 is 11.8. The second-order valence-electron chi connectivity index (χ2n) is 4.19. The zero-order valence-electron chi connectivity index (χ0n) is 8.93. The number of rotatable bonds is 2. The van der Waals surface area contributed by atoms with E-state index in [2.05, 4.69) is 4.90 Å². The Kier molecular flexibility index (Phi) is 4.06. The van der Waals surface area contributed by atoms with Crippen LogP contribution in [-0.4, -0.2) is 23.4 Å². The molecule has 1 aliphatic rings. The Morgan fingerprint density at radius 3 is 3.00 bits per heavy atom. The summed E-state index contributed by atoms with van der Waals surface area (Å²) in [6.07, 6.45) is 2.13. The SMILES string of the molecule is Fc1c(Cl)cccc1CN1CCCC(Cl)C1. The molecule has 16 heavy (non-hydrogen) atoms. The quantitative estimate of drug-likeness (QED) is 0.735. The lowest BCUT2D eigenvalue weighted by molar-refractivity contribution is 0.221. The number of halogens is 3. The normalized spacial score (nSPS) is 22.3. The third-order valence-corrected chi connectivity index (χ3v) is 3.52. The van der Waals surface area contributed by atoms with Gasteiger partial charge in [0.25, 0.3) is 0 Å². The molecule has 2 rings (SSSR count). The minimum absolute atomic E-state index is 0.191. The summed E-state index contributed by atoms with van der Waals surface area (Å²) in [4.78, 5) is 2.18. The van der Waals surface area contributed by atoms with E-state index in [0.717, 1.165) is 25.9 Å². The highest BCUT2D eigenvalue weighted by Crippen LogP contribution is 2.22. The highest BCUT2D eigenvalue weighted by Gasteiger charge is 2.19. The Labute approximate surface area is 105 Å². The molecule has 88 valence electrons. The molecule has 4 heteroatoms. The number of hydrogen-bond acceptors (Lipinski definition) is 1. The minimum atomic E-state index is -0.305. The third-order valence-electron chi connectivity index (χ3n) is 2.87. The number of alkyl halides is 1. The average molecular weight is 262 g/mol. The van der Waals surface area contributed by atoms with Crippen LogP contribution in [0.25, 0.3) is 0 Å². The van der Waals surface area contributed by atoms with Gasteiger partial charge < -0.3 is 0 Å². The fourth-order valence-electron chi connectivity index (χ4n) is 2.05. The predicted molar refractivity (Wildman–Crippen MR) is 65.6 cm³/mol. The van der Waals surface area contributed by atoms with Gasteiger partial charge in [0, 0.05) is 24.0 Å². The summed E-state index contributed by atoms with van der Waals surface area (Å²) in [5, 5.41) is 0.382. The summed E-state index contributed by atoms with van der Waals surface area (Å²) in [5.41, 5.74) is 0.651. The van der Waals surface area contributed by atoms with E-state index in [1.165, 1.54) is 0 Å². The van der Waals surface area contributed by atoms with E-state index in [0.29, 0.717) is 12.1 Å². The maximum Gasteiger partial charge on any atom is 0.146 e. The first-order valence-corrected chi connectivity index (χ1v) is 6.27. The second kappa shape index (κ2) is 5.35. The van der Waals surface area contributed by atoms with E-state index in [4.69, 9.17) is 23.2 Å². The molecule has 1 saturated heterocycles. The number of benzene rings is 1. The summed E-state index contributed by atoms with van der Waals surface area (Å²) in [7, 11) is 0. The molecule has 1 nitrogen and oxygen atoms in total. The van der Waals surface area contributed by atoms with Crippen LogP contribution < -0.4 is 0 Å². The van der Waals surface area contributed by atoms with Gasteiger partial charge in [0.15, 0.2) is 0 Å². The molecule has 0 bridgehead atoms. The summed E-state index contributed by atoms with van der Waals surface area (Å²) in [5.74, 6) is -0.305. The fourth-order valence-corrected chi connectivity index (χ4v) is 2.60. The molecule has 0 aliphatic carbocycles. The summed E-state index contributed by atoms with van der Waals surface area (Å²) in [6, 6.07) is 5.13. The molecule has 1 aromatic rings. The monoisotopic (exact) mass is 261 g/mol. The lowest BCUT2D eigenvalue weighted by Crippen LogP contribution is -2.35. The number of nitrogens with zero attached hydrogens (tertiary/aromatic N) is 1. The van der Waals surface area contributed by atoms with Gasteiger partial charge in [0.05, 0.1) is 5.02 Å². The smallest absolute Gasteiger partial charge is 0.146 e. The average Bonchev–Trinajstić information content (AvgIpc) is 2.25. The van der Waals surface area contributed by atoms with E-state index in [9.17, 15) is 4.39 Å². The van der Waals surface area contributed by atoms with E-state index in [1.807, 2.05) is 0 Å². The van der Waals surface area contributed by atoms with Crippen molar-refractivity contribution in [3.05, 3.63) is 34.6 Å². The molecular weight excluding hydrogens is 248 g/mol. The first-order chi connectivity index (χ1) is 7.66. The van der Waals surface area contributed by atoms with Gasteiger partial charge in [-0.15, -0.1) is 11.6 Å². The number of hydrogen-bond donors (Lipinski definition) is 0. The fraction of sp³-hybridized carbons (Fsp3) is 0.500. The van der Waals surface area contributed by atoms with Gasteiger partial charge in [0.2, 0.25) is 0 Å². The van der Waals surface area contributed by atoms with Crippen molar-refractivity contribution < 1.29 is 4.39 Å².